The van der Waals surface area contributed by atoms with Gasteiger partial charge in [-0.15, -0.1) is 0 Å². The highest BCUT2D eigenvalue weighted by molar-refractivity contribution is 6.05. The first-order chi connectivity index (χ1) is 31.5. The molecule has 0 aromatic heterocycles. The Morgan fingerprint density at radius 3 is 0.875 bits per heavy atom. The maximum Gasteiger partial charge on any atom is 0.187 e. The van der Waals surface area contributed by atoms with Crippen LogP contribution in [0.5, 0.6) is 0 Å². The summed E-state index contributed by atoms with van der Waals surface area (Å²) in [6.07, 6.45) is 53.6. The van der Waals surface area contributed by atoms with E-state index in [1.165, 1.54) is 228 Å². The van der Waals surface area contributed by atoms with Crippen LogP contribution in [0.15, 0.2) is 61.0 Å². The Bertz CT molecular complexity index is 1380. The van der Waals surface area contributed by atoms with Crippen LogP contribution in [0.4, 0.5) is 0 Å². The predicted octanol–water partition coefficient (Wildman–Crippen LogP) is 17.7. The van der Waals surface area contributed by atoms with Gasteiger partial charge in [0, 0.05) is 48.8 Å². The SMILES string of the molecule is CCCCCCCCCCc1ccc(C(=O)/C=C/NCCN/C=C/C(=O)c2ccc(CCCCCCCCCC)c(CCCCCCCCCC)c2)cc1CCCCCCCCCC. The lowest BCUT2D eigenvalue weighted by molar-refractivity contribution is 0.103. The number of unbranched alkanes of at least 4 members (excludes halogenated alkanes) is 28. The molecule has 0 saturated carbocycles. The molecule has 0 unspecified atom stereocenters. The molecule has 2 rings (SSSR count). The summed E-state index contributed by atoms with van der Waals surface area (Å²) in [6.45, 7) is 10.4. The highest BCUT2D eigenvalue weighted by atomic mass is 16.1. The van der Waals surface area contributed by atoms with Crippen LogP contribution in [-0.4, -0.2) is 24.7 Å². The summed E-state index contributed by atoms with van der Waals surface area (Å²) in [5, 5.41) is 6.52. The minimum Gasteiger partial charge on any atom is -0.389 e. The van der Waals surface area contributed by atoms with Gasteiger partial charge in [-0.2, -0.15) is 0 Å². The minimum atomic E-state index is 0.0485. The van der Waals surface area contributed by atoms with Gasteiger partial charge in [-0.05, 0) is 85.8 Å². The van der Waals surface area contributed by atoms with Crippen LogP contribution in [-0.2, 0) is 25.7 Å². The zero-order valence-corrected chi connectivity index (χ0v) is 42.5. The molecule has 362 valence electrons. The molecule has 2 aromatic rings. The van der Waals surface area contributed by atoms with E-state index in [0.717, 1.165) is 36.8 Å². The van der Waals surface area contributed by atoms with E-state index in [-0.39, 0.29) is 11.6 Å². The molecule has 2 aromatic carbocycles. The number of nitrogens with one attached hydrogen (secondary N) is 2. The summed E-state index contributed by atoms with van der Waals surface area (Å²) in [4.78, 5) is 26.5. The van der Waals surface area contributed by atoms with E-state index in [1.807, 2.05) is 12.1 Å². The molecular formula is C60H100N2O2. The number of aryl methyl sites for hydroxylation is 4. The Morgan fingerprint density at radius 1 is 0.344 bits per heavy atom. The van der Waals surface area contributed by atoms with Crippen molar-refractivity contribution >= 4 is 11.6 Å². The van der Waals surface area contributed by atoms with Crippen LogP contribution in [0, 0.1) is 0 Å². The maximum absolute atomic E-state index is 13.3. The molecule has 4 nitrogen and oxygen atoms in total. The first kappa shape index (κ1) is 57.0. The molecular weight excluding hydrogens is 781 g/mol. The second-order valence-electron chi connectivity index (χ2n) is 19.2. The van der Waals surface area contributed by atoms with Crippen molar-refractivity contribution in [1.82, 2.24) is 10.6 Å². The lowest BCUT2D eigenvalue weighted by Gasteiger charge is -2.12. The van der Waals surface area contributed by atoms with Crippen molar-refractivity contribution in [2.75, 3.05) is 13.1 Å². The fourth-order valence-electron chi connectivity index (χ4n) is 9.08. The molecule has 0 aliphatic carbocycles. The van der Waals surface area contributed by atoms with Gasteiger partial charge in [-0.1, -0.05) is 232 Å². The lowest BCUT2D eigenvalue weighted by Crippen LogP contribution is -2.20. The predicted molar refractivity (Wildman–Crippen MR) is 281 cm³/mol. The van der Waals surface area contributed by atoms with Crippen molar-refractivity contribution in [3.8, 4) is 0 Å². The third-order valence-corrected chi connectivity index (χ3v) is 13.3. The fourth-order valence-corrected chi connectivity index (χ4v) is 9.08. The highest BCUT2D eigenvalue weighted by Crippen LogP contribution is 2.22. The number of hydrogen-bond donors (Lipinski definition) is 2. The molecule has 2 N–H and O–H groups in total. The molecule has 0 saturated heterocycles. The van der Waals surface area contributed by atoms with Crippen LogP contribution in [0.3, 0.4) is 0 Å². The Kier molecular flexibility index (Phi) is 36.8. The maximum atomic E-state index is 13.3. The average molecular weight is 881 g/mol. The van der Waals surface area contributed by atoms with Crippen molar-refractivity contribution in [3.05, 3.63) is 94.3 Å². The van der Waals surface area contributed by atoms with Gasteiger partial charge in [0.25, 0.3) is 0 Å². The summed E-state index contributed by atoms with van der Waals surface area (Å²) in [7, 11) is 0. The largest absolute Gasteiger partial charge is 0.389 e. The minimum absolute atomic E-state index is 0.0485. The van der Waals surface area contributed by atoms with E-state index in [9.17, 15) is 9.59 Å². The van der Waals surface area contributed by atoms with Crippen LogP contribution >= 0.6 is 0 Å². The van der Waals surface area contributed by atoms with Gasteiger partial charge in [0.2, 0.25) is 0 Å². The van der Waals surface area contributed by atoms with E-state index in [1.54, 1.807) is 24.6 Å². The standard InChI is InChI=1S/C60H100N2O2/c1-5-9-13-17-21-25-29-33-37-53-41-43-57(51-55(53)39-35-31-27-23-19-15-11-7-3)59(63)45-47-61-49-50-62-48-46-60(64)58-44-42-54(38-34-30-26-22-18-14-10-6-2)56(52-58)40-36-32-28-24-20-16-12-8-4/h41-48,51-52,61-62H,5-40,49-50H2,1-4H3/b47-45+,48-46+. The Labute approximate surface area is 396 Å². The van der Waals surface area contributed by atoms with Crippen LogP contribution < -0.4 is 10.6 Å². The first-order valence-corrected chi connectivity index (χ1v) is 27.7. The van der Waals surface area contributed by atoms with Gasteiger partial charge in [0.05, 0.1) is 0 Å². The van der Waals surface area contributed by atoms with E-state index < -0.39 is 0 Å². The number of ketones is 2. The van der Waals surface area contributed by atoms with Crippen molar-refractivity contribution < 1.29 is 9.59 Å². The molecule has 4 heteroatoms. The van der Waals surface area contributed by atoms with E-state index in [0.29, 0.717) is 13.1 Å². The second kappa shape index (κ2) is 41.3. The molecule has 0 atom stereocenters. The summed E-state index contributed by atoms with van der Waals surface area (Å²) in [5.41, 5.74) is 7.20. The first-order valence-electron chi connectivity index (χ1n) is 27.7. The molecule has 0 radical (unpaired) electrons. The number of benzene rings is 2. The molecule has 0 aliphatic rings. The molecule has 64 heavy (non-hydrogen) atoms. The van der Waals surface area contributed by atoms with Gasteiger partial charge >= 0.3 is 0 Å². The molecule has 0 heterocycles. The molecule has 0 spiro atoms. The van der Waals surface area contributed by atoms with Crippen LogP contribution in [0.1, 0.15) is 276 Å². The summed E-state index contributed by atoms with van der Waals surface area (Å²) >= 11 is 0. The number of rotatable bonds is 45. The number of allylic oxidation sites excluding steroid dienone is 2. The zero-order chi connectivity index (χ0) is 46.0. The summed E-state index contributed by atoms with van der Waals surface area (Å²) < 4.78 is 0. The van der Waals surface area contributed by atoms with Gasteiger partial charge in [-0.3, -0.25) is 9.59 Å². The van der Waals surface area contributed by atoms with E-state index >= 15 is 0 Å². The summed E-state index contributed by atoms with van der Waals surface area (Å²) in [5.74, 6) is 0.0970. The van der Waals surface area contributed by atoms with Gasteiger partial charge < -0.3 is 10.6 Å². The number of carbonyl (C=O) groups excluding carboxylic acids is 2. The van der Waals surface area contributed by atoms with Crippen molar-refractivity contribution in [3.63, 3.8) is 0 Å². The van der Waals surface area contributed by atoms with Crippen molar-refractivity contribution in [2.45, 2.75) is 259 Å². The Balaban J connectivity index is 1.86. The Morgan fingerprint density at radius 2 is 0.594 bits per heavy atom. The quantitative estimate of drug-likeness (QED) is 0.0395. The van der Waals surface area contributed by atoms with Gasteiger partial charge in [0.1, 0.15) is 0 Å². The third kappa shape index (κ3) is 29.4. The summed E-state index contributed by atoms with van der Waals surface area (Å²) in [6, 6.07) is 12.9. The molecule has 0 aliphatic heterocycles. The highest BCUT2D eigenvalue weighted by Gasteiger charge is 2.11. The van der Waals surface area contributed by atoms with E-state index in [2.05, 4.69) is 62.6 Å². The average Bonchev–Trinajstić information content (AvgIpc) is 3.31. The molecule has 0 fully saturated rings. The van der Waals surface area contributed by atoms with Crippen LogP contribution in [0.2, 0.25) is 0 Å². The lowest BCUT2D eigenvalue weighted by atomic mass is 9.93. The van der Waals surface area contributed by atoms with Crippen LogP contribution in [0.25, 0.3) is 0 Å². The van der Waals surface area contributed by atoms with E-state index in [4.69, 9.17) is 0 Å². The third-order valence-electron chi connectivity index (χ3n) is 13.3. The number of hydrogen-bond acceptors (Lipinski definition) is 4. The van der Waals surface area contributed by atoms with Crippen molar-refractivity contribution in [2.24, 2.45) is 0 Å². The van der Waals surface area contributed by atoms with Gasteiger partial charge in [-0.25, -0.2) is 0 Å². The van der Waals surface area contributed by atoms with Crippen molar-refractivity contribution in [1.29, 1.82) is 0 Å². The smallest absolute Gasteiger partial charge is 0.187 e. The normalized spacial score (nSPS) is 11.6. The van der Waals surface area contributed by atoms with Gasteiger partial charge in [0.15, 0.2) is 11.6 Å². The topological polar surface area (TPSA) is 58.2 Å². The monoisotopic (exact) mass is 881 g/mol. The zero-order valence-electron chi connectivity index (χ0n) is 42.5. The Hall–Kier alpha value is -3.14. The molecule has 0 bridgehead atoms. The number of carbonyl (C=O) groups is 2. The fraction of sp³-hybridized carbons (Fsp3) is 0.700. The second-order valence-corrected chi connectivity index (χ2v) is 19.2. The molecule has 0 amide bonds.